The highest BCUT2D eigenvalue weighted by Gasteiger charge is 2.36. The molecule has 20 heavy (non-hydrogen) atoms. The zero-order chi connectivity index (χ0) is 15.1. The van der Waals surface area contributed by atoms with E-state index < -0.39 is 17.7 Å². The van der Waals surface area contributed by atoms with Crippen LogP contribution in [0.25, 0.3) is 10.9 Å². The number of benzene rings is 1. The van der Waals surface area contributed by atoms with Gasteiger partial charge in [-0.3, -0.25) is 0 Å². The summed E-state index contributed by atoms with van der Waals surface area (Å²) in [6.07, 6.45) is -4.60. The molecule has 0 radical (unpaired) electrons. The molecule has 0 saturated heterocycles. The van der Waals surface area contributed by atoms with E-state index in [1.807, 2.05) is 0 Å². The first-order valence-electron chi connectivity index (χ1n) is 5.86. The fraction of sp³-hybridized carbons (Fsp3) is 0.308. The molecule has 2 nitrogen and oxygen atoms in total. The van der Waals surface area contributed by atoms with Gasteiger partial charge < -0.3 is 5.32 Å². The van der Waals surface area contributed by atoms with Gasteiger partial charge in [0.25, 0.3) is 0 Å². The lowest BCUT2D eigenvalue weighted by atomic mass is 10.1. The topological polar surface area (TPSA) is 24.9 Å². The van der Waals surface area contributed by atoms with Crippen LogP contribution in [0.4, 0.5) is 23.2 Å². The van der Waals surface area contributed by atoms with Gasteiger partial charge in [0.15, 0.2) is 0 Å². The Morgan fingerprint density at radius 3 is 2.50 bits per heavy atom. The van der Waals surface area contributed by atoms with Gasteiger partial charge in [0.05, 0.1) is 10.5 Å². The molecule has 0 saturated carbocycles. The van der Waals surface area contributed by atoms with Crippen molar-refractivity contribution in [1.29, 1.82) is 0 Å². The van der Waals surface area contributed by atoms with Gasteiger partial charge >= 0.3 is 6.18 Å². The van der Waals surface area contributed by atoms with Crippen LogP contribution in [0.3, 0.4) is 0 Å². The lowest BCUT2D eigenvalue weighted by Crippen LogP contribution is -2.13. The number of aromatic nitrogens is 1. The van der Waals surface area contributed by atoms with E-state index in [2.05, 4.69) is 10.3 Å². The van der Waals surface area contributed by atoms with E-state index >= 15 is 0 Å². The van der Waals surface area contributed by atoms with E-state index in [1.54, 1.807) is 6.92 Å². The predicted molar refractivity (Wildman–Crippen MR) is 70.6 cm³/mol. The highest BCUT2D eigenvalue weighted by Crippen LogP contribution is 2.39. The molecule has 1 aromatic carbocycles. The van der Waals surface area contributed by atoms with Crippen LogP contribution in [0.15, 0.2) is 12.1 Å². The van der Waals surface area contributed by atoms with Crippen molar-refractivity contribution < 1.29 is 17.6 Å². The normalized spacial score (nSPS) is 11.9. The molecule has 0 aliphatic heterocycles. The minimum Gasteiger partial charge on any atom is -0.385 e. The second kappa shape index (κ2) is 5.09. The molecule has 0 unspecified atom stereocenters. The summed E-state index contributed by atoms with van der Waals surface area (Å²) in [6, 6.07) is 2.07. The lowest BCUT2D eigenvalue weighted by molar-refractivity contribution is -0.141. The van der Waals surface area contributed by atoms with Gasteiger partial charge in [0.1, 0.15) is 11.5 Å². The molecule has 1 aromatic heterocycles. The standard InChI is InChI=1S/C13H11ClF4N2/c1-3-19-10-6(2)12(13(16,17)18)20-11-8(10)4-7(15)5-9(11)14/h4-5H,3H2,1-2H3,(H,19,20). The fourth-order valence-corrected chi connectivity index (χ4v) is 2.32. The molecule has 0 aliphatic carbocycles. The Hall–Kier alpha value is -1.56. The van der Waals surface area contributed by atoms with E-state index in [0.29, 0.717) is 6.54 Å². The number of hydrogen-bond acceptors (Lipinski definition) is 2. The van der Waals surface area contributed by atoms with Gasteiger partial charge in [0.2, 0.25) is 0 Å². The number of halogens is 5. The van der Waals surface area contributed by atoms with Crippen LogP contribution in [-0.4, -0.2) is 11.5 Å². The van der Waals surface area contributed by atoms with E-state index in [0.717, 1.165) is 12.1 Å². The fourth-order valence-electron chi connectivity index (χ4n) is 2.07. The molecule has 0 bridgehead atoms. The Bertz CT molecular complexity index is 668. The summed E-state index contributed by atoms with van der Waals surface area (Å²) in [6.45, 7) is 3.43. The van der Waals surface area contributed by atoms with Gasteiger partial charge in [-0.05, 0) is 26.0 Å². The van der Waals surface area contributed by atoms with Crippen molar-refractivity contribution in [2.45, 2.75) is 20.0 Å². The van der Waals surface area contributed by atoms with Crippen LogP contribution in [0.1, 0.15) is 18.2 Å². The van der Waals surface area contributed by atoms with Crippen LogP contribution < -0.4 is 5.32 Å². The van der Waals surface area contributed by atoms with Gasteiger partial charge in [-0.25, -0.2) is 9.37 Å². The van der Waals surface area contributed by atoms with Crippen LogP contribution in [0, 0.1) is 12.7 Å². The molecule has 1 N–H and O–H groups in total. The highest BCUT2D eigenvalue weighted by molar-refractivity contribution is 6.35. The summed E-state index contributed by atoms with van der Waals surface area (Å²) in [4.78, 5) is 3.57. The van der Waals surface area contributed by atoms with Gasteiger partial charge in [0, 0.05) is 23.2 Å². The smallest absolute Gasteiger partial charge is 0.385 e. The molecule has 0 spiro atoms. The summed E-state index contributed by atoms with van der Waals surface area (Å²) in [5.41, 5.74) is -0.962. The molecule has 0 aliphatic rings. The number of rotatable bonds is 2. The Balaban J connectivity index is 2.91. The summed E-state index contributed by atoms with van der Waals surface area (Å²) in [5, 5.41) is 2.91. The zero-order valence-corrected chi connectivity index (χ0v) is 11.5. The molecule has 0 amide bonds. The maximum absolute atomic E-state index is 13.4. The second-order valence-corrected chi connectivity index (χ2v) is 4.68. The van der Waals surface area contributed by atoms with Crippen molar-refractivity contribution in [2.75, 3.05) is 11.9 Å². The third-order valence-electron chi connectivity index (χ3n) is 2.87. The molecule has 108 valence electrons. The number of nitrogens with one attached hydrogen (secondary N) is 1. The first-order chi connectivity index (χ1) is 9.25. The number of anilines is 1. The number of nitrogens with zero attached hydrogens (tertiary/aromatic N) is 1. The zero-order valence-electron chi connectivity index (χ0n) is 10.7. The number of alkyl halides is 3. The van der Waals surface area contributed by atoms with E-state index in [-0.39, 0.29) is 27.2 Å². The van der Waals surface area contributed by atoms with Crippen molar-refractivity contribution >= 4 is 28.2 Å². The van der Waals surface area contributed by atoms with Gasteiger partial charge in [-0.2, -0.15) is 13.2 Å². The van der Waals surface area contributed by atoms with Crippen molar-refractivity contribution in [2.24, 2.45) is 0 Å². The van der Waals surface area contributed by atoms with Crippen LogP contribution in [0.2, 0.25) is 5.02 Å². The maximum atomic E-state index is 13.4. The molecular weight excluding hydrogens is 296 g/mol. The third kappa shape index (κ3) is 2.52. The number of fused-ring (bicyclic) bond motifs is 1. The SMILES string of the molecule is CCNc1c(C)c(C(F)(F)F)nc2c(Cl)cc(F)cc12. The van der Waals surface area contributed by atoms with Crippen LogP contribution in [0.5, 0.6) is 0 Å². The average Bonchev–Trinajstić information content (AvgIpc) is 2.31. The van der Waals surface area contributed by atoms with E-state index in [9.17, 15) is 17.6 Å². The Labute approximate surface area is 117 Å². The molecular formula is C13H11ClF4N2. The average molecular weight is 307 g/mol. The monoisotopic (exact) mass is 306 g/mol. The summed E-state index contributed by atoms with van der Waals surface area (Å²) in [7, 11) is 0. The Morgan fingerprint density at radius 2 is 1.95 bits per heavy atom. The van der Waals surface area contributed by atoms with Crippen molar-refractivity contribution in [1.82, 2.24) is 4.98 Å². The molecule has 2 rings (SSSR count). The van der Waals surface area contributed by atoms with Crippen molar-refractivity contribution in [3.63, 3.8) is 0 Å². The minimum atomic E-state index is -4.60. The lowest BCUT2D eigenvalue weighted by Gasteiger charge is -2.17. The first kappa shape index (κ1) is 14.8. The Kier molecular flexibility index (Phi) is 3.77. The van der Waals surface area contributed by atoms with Gasteiger partial charge in [-0.15, -0.1) is 0 Å². The molecule has 1 heterocycles. The van der Waals surface area contributed by atoms with Crippen LogP contribution in [-0.2, 0) is 6.18 Å². The third-order valence-corrected chi connectivity index (χ3v) is 3.16. The van der Waals surface area contributed by atoms with E-state index in [1.165, 1.54) is 6.92 Å². The van der Waals surface area contributed by atoms with Crippen LogP contribution >= 0.6 is 11.6 Å². The molecule has 0 atom stereocenters. The van der Waals surface area contributed by atoms with Crippen molar-refractivity contribution in [3.05, 3.63) is 34.2 Å². The maximum Gasteiger partial charge on any atom is 0.433 e. The minimum absolute atomic E-state index is 0.0676. The van der Waals surface area contributed by atoms with Crippen molar-refractivity contribution in [3.8, 4) is 0 Å². The largest absolute Gasteiger partial charge is 0.433 e. The molecule has 2 aromatic rings. The first-order valence-corrected chi connectivity index (χ1v) is 6.24. The quantitative estimate of drug-likeness (QED) is 0.807. The Morgan fingerprint density at radius 1 is 1.30 bits per heavy atom. The van der Waals surface area contributed by atoms with Gasteiger partial charge in [-0.1, -0.05) is 11.6 Å². The summed E-state index contributed by atoms with van der Waals surface area (Å²) in [5.74, 6) is -0.623. The second-order valence-electron chi connectivity index (χ2n) is 4.27. The summed E-state index contributed by atoms with van der Waals surface area (Å²) >= 11 is 5.81. The highest BCUT2D eigenvalue weighted by atomic mass is 35.5. The molecule has 7 heteroatoms. The van der Waals surface area contributed by atoms with E-state index in [4.69, 9.17) is 11.6 Å². The summed E-state index contributed by atoms with van der Waals surface area (Å²) < 4.78 is 52.4. The number of hydrogen-bond donors (Lipinski definition) is 1. The predicted octanol–water partition coefficient (Wildman–Crippen LogP) is 4.79. The molecule has 0 fully saturated rings. The number of pyridine rings is 1.